The third kappa shape index (κ3) is 5.67. The average molecular weight is 396 g/mol. The molecule has 1 heterocycles. The minimum atomic E-state index is -0.438. The van der Waals surface area contributed by atoms with Crippen LogP contribution in [0.5, 0.6) is 0 Å². The van der Waals surface area contributed by atoms with Gasteiger partial charge in [0.1, 0.15) is 0 Å². The smallest absolute Gasteiger partial charge is 0.229 e. The number of rotatable bonds is 4. The van der Waals surface area contributed by atoms with Crippen molar-refractivity contribution in [1.82, 2.24) is 4.90 Å². The Morgan fingerprint density at radius 1 is 1.22 bits per heavy atom. The minimum absolute atomic E-state index is 0. The van der Waals surface area contributed by atoms with Crippen molar-refractivity contribution in [1.29, 1.82) is 0 Å². The first-order chi connectivity index (χ1) is 12.5. The second-order valence-corrected chi connectivity index (χ2v) is 7.66. The zero-order valence-corrected chi connectivity index (χ0v) is 16.7. The van der Waals surface area contributed by atoms with E-state index in [1.165, 1.54) is 0 Å². The van der Waals surface area contributed by atoms with Crippen LogP contribution in [0.3, 0.4) is 0 Å². The molecule has 2 unspecified atom stereocenters. The van der Waals surface area contributed by atoms with E-state index in [0.29, 0.717) is 32.7 Å². The second-order valence-electron chi connectivity index (χ2n) is 7.66. The first-order valence-electron chi connectivity index (χ1n) is 9.50. The summed E-state index contributed by atoms with van der Waals surface area (Å²) in [7, 11) is 0. The van der Waals surface area contributed by atoms with E-state index >= 15 is 0 Å². The van der Waals surface area contributed by atoms with Gasteiger partial charge < -0.3 is 20.7 Å². The highest BCUT2D eigenvalue weighted by Crippen LogP contribution is 2.32. The third-order valence-electron chi connectivity index (χ3n) is 5.51. The molecule has 2 aliphatic rings. The Labute approximate surface area is 167 Å². The van der Waals surface area contributed by atoms with Gasteiger partial charge in [0, 0.05) is 24.3 Å². The lowest BCUT2D eigenvalue weighted by Gasteiger charge is -2.37. The van der Waals surface area contributed by atoms with E-state index in [-0.39, 0.29) is 30.1 Å². The summed E-state index contributed by atoms with van der Waals surface area (Å²) in [5, 5.41) is 2.98. The van der Waals surface area contributed by atoms with Gasteiger partial charge in [-0.2, -0.15) is 0 Å². The fraction of sp³-hybridized carbons (Fsp3) is 0.600. The highest BCUT2D eigenvalue weighted by Gasteiger charge is 2.37. The number of nitrogens with zero attached hydrogens (tertiary/aromatic N) is 1. The molecule has 6 nitrogen and oxygen atoms in total. The number of anilines is 1. The zero-order valence-electron chi connectivity index (χ0n) is 15.9. The summed E-state index contributed by atoms with van der Waals surface area (Å²) < 4.78 is 5.27. The van der Waals surface area contributed by atoms with Crippen LogP contribution in [0, 0.1) is 5.92 Å². The van der Waals surface area contributed by atoms with Gasteiger partial charge in [-0.3, -0.25) is 9.59 Å². The Morgan fingerprint density at radius 2 is 1.89 bits per heavy atom. The van der Waals surface area contributed by atoms with Crippen LogP contribution in [0.15, 0.2) is 24.3 Å². The summed E-state index contributed by atoms with van der Waals surface area (Å²) in [6.07, 6.45) is 4.23. The number of amides is 2. The lowest BCUT2D eigenvalue weighted by molar-refractivity contribution is -0.134. The highest BCUT2D eigenvalue weighted by atomic mass is 35.5. The fourth-order valence-corrected chi connectivity index (χ4v) is 3.82. The Balaban J connectivity index is 0.00000261. The Morgan fingerprint density at radius 3 is 2.52 bits per heavy atom. The molecule has 150 valence electrons. The zero-order chi connectivity index (χ0) is 18.6. The first-order valence-corrected chi connectivity index (χ1v) is 9.50. The molecule has 0 aromatic heterocycles. The van der Waals surface area contributed by atoms with Gasteiger partial charge in [-0.25, -0.2) is 0 Å². The van der Waals surface area contributed by atoms with Gasteiger partial charge in [0.25, 0.3) is 0 Å². The van der Waals surface area contributed by atoms with Crippen molar-refractivity contribution in [2.45, 2.75) is 44.6 Å². The molecule has 27 heavy (non-hydrogen) atoms. The largest absolute Gasteiger partial charge is 0.378 e. The summed E-state index contributed by atoms with van der Waals surface area (Å²) in [5.74, 6) is -0.0446. The second kappa shape index (κ2) is 9.53. The SMILES string of the molecule is CC1(N)CCCCC1C(=O)Nc1ccc(CC(=O)N2CCOCC2)cc1.Cl. The van der Waals surface area contributed by atoms with Gasteiger partial charge in [-0.05, 0) is 37.5 Å². The van der Waals surface area contributed by atoms with Crippen molar-refractivity contribution < 1.29 is 14.3 Å². The maximum atomic E-state index is 12.6. The number of morpholine rings is 1. The molecule has 3 rings (SSSR count). The molecule has 2 amide bonds. The van der Waals surface area contributed by atoms with E-state index in [4.69, 9.17) is 10.5 Å². The van der Waals surface area contributed by atoms with Crippen LogP contribution in [-0.2, 0) is 20.7 Å². The van der Waals surface area contributed by atoms with Crippen molar-refractivity contribution in [2.75, 3.05) is 31.6 Å². The number of ether oxygens (including phenoxy) is 1. The normalized spacial score (nSPS) is 25.4. The average Bonchev–Trinajstić information content (AvgIpc) is 2.63. The van der Waals surface area contributed by atoms with Crippen molar-refractivity contribution in [2.24, 2.45) is 11.7 Å². The van der Waals surface area contributed by atoms with E-state index in [0.717, 1.165) is 36.9 Å². The van der Waals surface area contributed by atoms with E-state index in [9.17, 15) is 9.59 Å². The van der Waals surface area contributed by atoms with Gasteiger partial charge in [0.2, 0.25) is 11.8 Å². The van der Waals surface area contributed by atoms with Crippen molar-refractivity contribution in [3.63, 3.8) is 0 Å². The number of halogens is 1. The van der Waals surface area contributed by atoms with Gasteiger partial charge >= 0.3 is 0 Å². The first kappa shape index (κ1) is 21.7. The molecule has 2 atom stereocenters. The molecule has 2 fully saturated rings. The van der Waals surface area contributed by atoms with E-state index in [2.05, 4.69) is 5.32 Å². The predicted octanol–water partition coefficient (Wildman–Crippen LogP) is 2.36. The molecule has 1 aromatic carbocycles. The molecule has 1 aliphatic heterocycles. The van der Waals surface area contributed by atoms with Crippen LogP contribution in [0.2, 0.25) is 0 Å². The molecular formula is C20H30ClN3O3. The van der Waals surface area contributed by atoms with Crippen molar-refractivity contribution >= 4 is 29.9 Å². The summed E-state index contributed by atoms with van der Waals surface area (Å²) in [6, 6.07) is 7.51. The summed E-state index contributed by atoms with van der Waals surface area (Å²) in [4.78, 5) is 26.7. The van der Waals surface area contributed by atoms with Crippen LogP contribution >= 0.6 is 12.4 Å². The molecule has 0 bridgehead atoms. The lowest BCUT2D eigenvalue weighted by Crippen LogP contribution is -2.51. The molecule has 7 heteroatoms. The number of hydrogen-bond acceptors (Lipinski definition) is 4. The van der Waals surface area contributed by atoms with Crippen LogP contribution < -0.4 is 11.1 Å². The number of carbonyl (C=O) groups is 2. The highest BCUT2D eigenvalue weighted by molar-refractivity contribution is 5.93. The van der Waals surface area contributed by atoms with Crippen LogP contribution in [-0.4, -0.2) is 48.6 Å². The number of carbonyl (C=O) groups excluding carboxylic acids is 2. The van der Waals surface area contributed by atoms with Gasteiger partial charge in [-0.15, -0.1) is 12.4 Å². The molecule has 1 aromatic rings. The van der Waals surface area contributed by atoms with Gasteiger partial charge in [-0.1, -0.05) is 25.0 Å². The van der Waals surface area contributed by atoms with E-state index < -0.39 is 5.54 Å². The number of benzene rings is 1. The van der Waals surface area contributed by atoms with Crippen molar-refractivity contribution in [3.05, 3.63) is 29.8 Å². The topological polar surface area (TPSA) is 84.7 Å². The quantitative estimate of drug-likeness (QED) is 0.819. The summed E-state index contributed by atoms with van der Waals surface area (Å²) >= 11 is 0. The molecular weight excluding hydrogens is 366 g/mol. The number of nitrogens with one attached hydrogen (secondary N) is 1. The Bertz CT molecular complexity index is 642. The summed E-state index contributed by atoms with van der Waals surface area (Å²) in [6.45, 7) is 4.51. The molecule has 3 N–H and O–H groups in total. The maximum Gasteiger partial charge on any atom is 0.229 e. The monoisotopic (exact) mass is 395 g/mol. The third-order valence-corrected chi connectivity index (χ3v) is 5.51. The van der Waals surface area contributed by atoms with Crippen LogP contribution in [0.1, 0.15) is 38.2 Å². The predicted molar refractivity (Wildman–Crippen MR) is 108 cm³/mol. The fourth-order valence-electron chi connectivity index (χ4n) is 3.82. The Kier molecular flexibility index (Phi) is 7.65. The standard InChI is InChI=1S/C20H29N3O3.ClH/c1-20(21)9-3-2-4-17(20)19(25)22-16-7-5-15(6-8-16)14-18(24)23-10-12-26-13-11-23;/h5-8,17H,2-4,9-14,21H2,1H3,(H,22,25);1H. The van der Waals surface area contributed by atoms with Gasteiger partial charge in [0.15, 0.2) is 0 Å². The molecule has 1 saturated carbocycles. The molecule has 1 saturated heterocycles. The molecule has 0 radical (unpaired) electrons. The van der Waals surface area contributed by atoms with E-state index in [1.54, 1.807) is 0 Å². The molecule has 1 aliphatic carbocycles. The van der Waals surface area contributed by atoms with Crippen LogP contribution in [0.4, 0.5) is 5.69 Å². The minimum Gasteiger partial charge on any atom is -0.378 e. The maximum absolute atomic E-state index is 12.6. The Hall–Kier alpha value is -1.63. The van der Waals surface area contributed by atoms with Crippen molar-refractivity contribution in [3.8, 4) is 0 Å². The van der Waals surface area contributed by atoms with Gasteiger partial charge in [0.05, 0.1) is 25.6 Å². The van der Waals surface area contributed by atoms with E-state index in [1.807, 2.05) is 36.1 Å². The lowest BCUT2D eigenvalue weighted by atomic mass is 9.74. The number of nitrogens with two attached hydrogens (primary N) is 1. The summed E-state index contributed by atoms with van der Waals surface area (Å²) in [5.41, 5.74) is 7.57. The molecule has 0 spiro atoms. The van der Waals surface area contributed by atoms with Crippen LogP contribution in [0.25, 0.3) is 0 Å². The number of hydrogen-bond donors (Lipinski definition) is 2.